The molecule has 1 unspecified atom stereocenters. The molecule has 28 heavy (non-hydrogen) atoms. The van der Waals surface area contributed by atoms with Crippen LogP contribution in [0, 0.1) is 28.6 Å². The zero-order chi connectivity index (χ0) is 20.5. The number of hydrogen-bond donors (Lipinski definition) is 3. The lowest BCUT2D eigenvalue weighted by molar-refractivity contribution is -0.185. The second-order valence-electron chi connectivity index (χ2n) is 9.60. The summed E-state index contributed by atoms with van der Waals surface area (Å²) in [6.07, 6.45) is 6.64. The van der Waals surface area contributed by atoms with Crippen LogP contribution in [-0.4, -0.2) is 51.4 Å². The molecule has 4 rings (SSSR count). The van der Waals surface area contributed by atoms with Gasteiger partial charge in [-0.1, -0.05) is 18.6 Å². The Kier molecular flexibility index (Phi) is 4.32. The Labute approximate surface area is 164 Å². The van der Waals surface area contributed by atoms with Gasteiger partial charge in [-0.25, -0.2) is 4.39 Å². The highest BCUT2D eigenvalue weighted by Gasteiger charge is 2.73. The number of rotatable bonds is 3. The van der Waals surface area contributed by atoms with Gasteiger partial charge >= 0.3 is 0 Å². The summed E-state index contributed by atoms with van der Waals surface area (Å²) >= 11 is 0. The number of fused-ring (bicyclic) bond motifs is 5. The quantitative estimate of drug-likeness (QED) is 0.682. The molecule has 3 saturated carbocycles. The molecule has 0 bridgehead atoms. The first kappa shape index (κ1) is 19.9. The van der Waals surface area contributed by atoms with Crippen LogP contribution in [0.3, 0.4) is 0 Å². The van der Waals surface area contributed by atoms with Gasteiger partial charge in [-0.3, -0.25) is 9.59 Å². The van der Waals surface area contributed by atoms with E-state index in [2.05, 4.69) is 0 Å². The average Bonchev–Trinajstić information content (AvgIpc) is 2.91. The molecule has 0 aromatic carbocycles. The summed E-state index contributed by atoms with van der Waals surface area (Å²) in [4.78, 5) is 24.4. The standard InChI is InChI=1S/C22H29FO5/c1-19-6-5-15(26)9-13(19)3-4-16-17-10-14(11-24)22(28,18(27)12-25)20(17,2)7-8-21(16,19)23/h5-6,9,14,16-17,24-25,28H,3-4,7-8,10-12H2,1-2H3/t14-,16-,17-,19-,20-,21?,22-/m0/s1. The molecule has 0 saturated heterocycles. The van der Waals surface area contributed by atoms with Gasteiger partial charge in [0.2, 0.25) is 0 Å². The van der Waals surface area contributed by atoms with Crippen molar-refractivity contribution in [3.05, 3.63) is 23.8 Å². The highest BCUT2D eigenvalue weighted by Crippen LogP contribution is 2.70. The van der Waals surface area contributed by atoms with Crippen LogP contribution in [0.4, 0.5) is 4.39 Å². The van der Waals surface area contributed by atoms with Crippen LogP contribution >= 0.6 is 0 Å². The summed E-state index contributed by atoms with van der Waals surface area (Å²) in [7, 11) is 0. The molecular weight excluding hydrogens is 363 g/mol. The molecule has 0 heterocycles. The minimum atomic E-state index is -1.85. The maximum atomic E-state index is 16.8. The van der Waals surface area contributed by atoms with Crippen LogP contribution in [0.15, 0.2) is 23.8 Å². The normalized spacial score (nSPS) is 49.9. The minimum absolute atomic E-state index is 0.112. The molecule has 154 valence electrons. The SMILES string of the molecule is C[C@]12C=CC(=O)C=C1CC[C@H]1[C@@H]3C[C@@H](CO)[C@](O)(C(=O)CO)[C@@]3(C)CCC12F. The van der Waals surface area contributed by atoms with Crippen molar-refractivity contribution in [1.82, 2.24) is 0 Å². The van der Waals surface area contributed by atoms with Crippen molar-refractivity contribution in [3.8, 4) is 0 Å². The molecule has 4 aliphatic carbocycles. The molecule has 0 spiro atoms. The smallest absolute Gasteiger partial charge is 0.190 e. The monoisotopic (exact) mass is 392 g/mol. The number of aliphatic hydroxyl groups excluding tert-OH is 2. The fourth-order valence-corrected chi connectivity index (χ4v) is 7.14. The second-order valence-corrected chi connectivity index (χ2v) is 9.60. The maximum absolute atomic E-state index is 16.8. The van der Waals surface area contributed by atoms with Crippen molar-refractivity contribution >= 4 is 11.6 Å². The Morgan fingerprint density at radius 1 is 1.25 bits per heavy atom. The Bertz CT molecular complexity index is 790. The van der Waals surface area contributed by atoms with Crippen molar-refractivity contribution in [3.63, 3.8) is 0 Å². The number of hydrogen-bond acceptors (Lipinski definition) is 5. The Morgan fingerprint density at radius 3 is 2.61 bits per heavy atom. The Morgan fingerprint density at radius 2 is 1.96 bits per heavy atom. The van der Waals surface area contributed by atoms with E-state index >= 15 is 4.39 Å². The number of carbonyl (C=O) groups excluding carboxylic acids is 2. The lowest BCUT2D eigenvalue weighted by atomic mass is 9.45. The van der Waals surface area contributed by atoms with Crippen molar-refractivity contribution in [2.24, 2.45) is 28.6 Å². The molecular formula is C22H29FO5. The van der Waals surface area contributed by atoms with Crippen LogP contribution in [-0.2, 0) is 9.59 Å². The topological polar surface area (TPSA) is 94.8 Å². The van der Waals surface area contributed by atoms with Crippen LogP contribution in [0.1, 0.15) is 46.0 Å². The maximum Gasteiger partial charge on any atom is 0.190 e. The first-order chi connectivity index (χ1) is 13.1. The van der Waals surface area contributed by atoms with Gasteiger partial charge in [-0.2, -0.15) is 0 Å². The number of allylic oxidation sites excluding steroid dienone is 4. The summed E-state index contributed by atoms with van der Waals surface area (Å²) in [6, 6.07) is 0. The second kappa shape index (κ2) is 6.07. The van der Waals surface area contributed by atoms with E-state index in [1.165, 1.54) is 6.08 Å². The number of aliphatic hydroxyl groups is 3. The van der Waals surface area contributed by atoms with Crippen LogP contribution in [0.5, 0.6) is 0 Å². The minimum Gasteiger partial charge on any atom is -0.396 e. The molecule has 3 fully saturated rings. The molecule has 0 amide bonds. The first-order valence-electron chi connectivity index (χ1n) is 10.2. The zero-order valence-corrected chi connectivity index (χ0v) is 16.4. The number of Topliss-reactive ketones (excluding diaryl/α,β-unsaturated/α-hetero) is 1. The van der Waals surface area contributed by atoms with Crippen molar-refractivity contribution in [2.75, 3.05) is 13.2 Å². The van der Waals surface area contributed by atoms with E-state index in [1.807, 2.05) is 13.8 Å². The molecule has 0 aliphatic heterocycles. The number of alkyl halides is 1. The third kappa shape index (κ3) is 2.12. The summed E-state index contributed by atoms with van der Waals surface area (Å²) in [5.74, 6) is -2.18. The summed E-state index contributed by atoms with van der Waals surface area (Å²) in [5.41, 5.74) is -4.38. The van der Waals surface area contributed by atoms with E-state index in [4.69, 9.17) is 0 Å². The number of halogens is 1. The van der Waals surface area contributed by atoms with Gasteiger partial charge in [0.05, 0.1) is 0 Å². The summed E-state index contributed by atoms with van der Waals surface area (Å²) in [6.45, 7) is 2.49. The van der Waals surface area contributed by atoms with Gasteiger partial charge in [0.15, 0.2) is 11.6 Å². The molecule has 5 nitrogen and oxygen atoms in total. The lowest BCUT2D eigenvalue weighted by Gasteiger charge is -2.61. The van der Waals surface area contributed by atoms with Crippen LogP contribution < -0.4 is 0 Å². The van der Waals surface area contributed by atoms with Crippen molar-refractivity contribution in [1.29, 1.82) is 0 Å². The molecule has 4 aliphatic rings. The van der Waals surface area contributed by atoms with E-state index in [-0.39, 0.29) is 37.1 Å². The third-order valence-electron chi connectivity index (χ3n) is 8.84. The first-order valence-corrected chi connectivity index (χ1v) is 10.2. The molecule has 7 atom stereocenters. The number of ketones is 2. The van der Waals surface area contributed by atoms with Gasteiger partial charge in [-0.05, 0) is 63.0 Å². The van der Waals surface area contributed by atoms with E-state index < -0.39 is 40.4 Å². The molecule has 6 heteroatoms. The van der Waals surface area contributed by atoms with E-state index in [9.17, 15) is 24.9 Å². The van der Waals surface area contributed by atoms with Gasteiger partial charge in [0, 0.05) is 23.4 Å². The zero-order valence-electron chi connectivity index (χ0n) is 16.4. The Balaban J connectivity index is 1.79. The lowest BCUT2D eigenvalue weighted by Crippen LogP contribution is -2.64. The fourth-order valence-electron chi connectivity index (χ4n) is 7.14. The largest absolute Gasteiger partial charge is 0.396 e. The van der Waals surface area contributed by atoms with Gasteiger partial charge < -0.3 is 15.3 Å². The highest BCUT2D eigenvalue weighted by atomic mass is 19.1. The predicted octanol–water partition coefficient (Wildman–Crippen LogP) is 1.90. The molecule has 0 aromatic rings. The summed E-state index contributed by atoms with van der Waals surface area (Å²) < 4.78 is 16.8. The van der Waals surface area contributed by atoms with E-state index in [1.54, 1.807) is 12.2 Å². The predicted molar refractivity (Wildman–Crippen MR) is 100.0 cm³/mol. The van der Waals surface area contributed by atoms with Crippen molar-refractivity contribution in [2.45, 2.75) is 57.2 Å². The number of carbonyl (C=O) groups is 2. The van der Waals surface area contributed by atoms with Gasteiger partial charge in [-0.15, -0.1) is 0 Å². The fraction of sp³-hybridized carbons (Fsp3) is 0.727. The molecule has 3 N–H and O–H groups in total. The van der Waals surface area contributed by atoms with Crippen LogP contribution in [0.2, 0.25) is 0 Å². The van der Waals surface area contributed by atoms with E-state index in [0.29, 0.717) is 19.3 Å². The molecule has 0 aromatic heterocycles. The van der Waals surface area contributed by atoms with Gasteiger partial charge in [0.1, 0.15) is 17.9 Å². The average molecular weight is 392 g/mol. The summed E-state index contributed by atoms with van der Waals surface area (Å²) in [5, 5.41) is 30.8. The molecule has 0 radical (unpaired) electrons. The van der Waals surface area contributed by atoms with E-state index in [0.717, 1.165) is 5.57 Å². The Hall–Kier alpha value is -1.37. The third-order valence-corrected chi connectivity index (χ3v) is 8.84. The highest BCUT2D eigenvalue weighted by molar-refractivity contribution is 6.01. The van der Waals surface area contributed by atoms with Crippen molar-refractivity contribution < 1.29 is 29.3 Å². The van der Waals surface area contributed by atoms with Crippen LogP contribution in [0.25, 0.3) is 0 Å². The van der Waals surface area contributed by atoms with Gasteiger partial charge in [0.25, 0.3) is 0 Å².